The molecule has 0 aliphatic carbocycles. The van der Waals surface area contributed by atoms with E-state index in [1.807, 2.05) is 12.3 Å². The number of benzene rings is 1. The molecule has 1 aromatic carbocycles. The molecule has 2 saturated heterocycles. The Hall–Kier alpha value is -1.88. The highest BCUT2D eigenvalue weighted by molar-refractivity contribution is 7.89. The van der Waals surface area contributed by atoms with Crippen LogP contribution in [0.25, 0.3) is 0 Å². The third-order valence-corrected chi connectivity index (χ3v) is 9.57. The lowest BCUT2D eigenvalue weighted by Gasteiger charge is -2.44. The van der Waals surface area contributed by atoms with Gasteiger partial charge in [-0.1, -0.05) is 17.7 Å². The number of aryl methyl sites for hydroxylation is 1. The first-order chi connectivity index (χ1) is 16.9. The molecule has 2 aliphatic rings. The number of sulfonamides is 1. The zero-order chi connectivity index (χ0) is 26.3. The van der Waals surface area contributed by atoms with Crippen molar-refractivity contribution in [3.63, 3.8) is 0 Å². The van der Waals surface area contributed by atoms with Crippen molar-refractivity contribution in [3.05, 3.63) is 52.8 Å². The first-order valence-electron chi connectivity index (χ1n) is 12.2. The monoisotopic (exact) mass is 544 g/mol. The Bertz CT molecular complexity index is 1170. The summed E-state index contributed by atoms with van der Waals surface area (Å²) in [6, 6.07) is 7.81. The fourth-order valence-electron chi connectivity index (χ4n) is 5.39. The molecule has 198 valence electrons. The molecule has 6 nitrogen and oxygen atoms in total. The molecule has 11 heteroatoms. The van der Waals surface area contributed by atoms with Crippen LogP contribution in [0.1, 0.15) is 43.9 Å². The average molecular weight is 545 g/mol. The molecule has 2 aromatic rings. The lowest BCUT2D eigenvalue weighted by Crippen LogP contribution is -2.59. The number of piperazine rings is 1. The lowest BCUT2D eigenvalue weighted by atomic mass is 9.90. The number of alkyl halides is 3. The van der Waals surface area contributed by atoms with Crippen molar-refractivity contribution >= 4 is 27.3 Å². The Morgan fingerprint density at radius 3 is 2.28 bits per heavy atom. The van der Waals surface area contributed by atoms with Gasteiger partial charge >= 0.3 is 6.18 Å². The van der Waals surface area contributed by atoms with Crippen LogP contribution in [0.2, 0.25) is 5.02 Å². The lowest BCUT2D eigenvalue weighted by molar-refractivity contribution is -0.159. The quantitative estimate of drug-likeness (QED) is 0.526. The molecule has 1 aromatic heterocycles. The number of pyridine rings is 1. The van der Waals surface area contributed by atoms with E-state index < -0.39 is 34.8 Å². The molecule has 0 saturated carbocycles. The van der Waals surface area contributed by atoms with Crippen LogP contribution in [0.3, 0.4) is 0 Å². The van der Waals surface area contributed by atoms with Gasteiger partial charge in [-0.2, -0.15) is 17.5 Å². The molecule has 2 aliphatic heterocycles. The fourth-order valence-corrected chi connectivity index (χ4v) is 7.51. The summed E-state index contributed by atoms with van der Waals surface area (Å²) in [7, 11) is -3.96. The van der Waals surface area contributed by atoms with Crippen LogP contribution in [0.5, 0.6) is 0 Å². The van der Waals surface area contributed by atoms with E-state index in [0.717, 1.165) is 37.3 Å². The molecule has 0 unspecified atom stereocenters. The Balaban J connectivity index is 1.45. The fraction of sp³-hybridized carbons (Fsp3) is 0.560. The van der Waals surface area contributed by atoms with E-state index in [-0.39, 0.29) is 23.0 Å². The van der Waals surface area contributed by atoms with E-state index >= 15 is 0 Å². The SMILES string of the molecule is Cc1cccnc1C1CCN(c2ccc(S(=O)(=O)N3C[C@@H](C)N(CC(F)(F)F)[C@@H](C)C3)c(Cl)c2)CC1. The molecule has 0 amide bonds. The van der Waals surface area contributed by atoms with Crippen LogP contribution in [0.15, 0.2) is 41.4 Å². The summed E-state index contributed by atoms with van der Waals surface area (Å²) in [5.74, 6) is 0.387. The van der Waals surface area contributed by atoms with Gasteiger partial charge in [0.15, 0.2) is 0 Å². The van der Waals surface area contributed by atoms with Crippen LogP contribution in [-0.2, 0) is 10.0 Å². The minimum Gasteiger partial charge on any atom is -0.371 e. The minimum atomic E-state index is -4.34. The second kappa shape index (κ2) is 10.5. The van der Waals surface area contributed by atoms with Crippen molar-refractivity contribution in [1.82, 2.24) is 14.2 Å². The molecular weight excluding hydrogens is 513 g/mol. The summed E-state index contributed by atoms with van der Waals surface area (Å²) in [6.07, 6.45) is -0.639. The smallest absolute Gasteiger partial charge is 0.371 e. The second-order valence-corrected chi connectivity index (χ2v) is 12.2. The molecule has 0 spiro atoms. The highest BCUT2D eigenvalue weighted by atomic mass is 35.5. The summed E-state index contributed by atoms with van der Waals surface area (Å²) < 4.78 is 66.9. The zero-order valence-electron chi connectivity index (χ0n) is 20.7. The molecule has 4 rings (SSSR count). The van der Waals surface area contributed by atoms with Gasteiger partial charge in [0.2, 0.25) is 10.0 Å². The molecule has 0 radical (unpaired) electrons. The summed E-state index contributed by atoms with van der Waals surface area (Å²) in [5.41, 5.74) is 3.18. The standard InChI is InChI=1S/C25H32ClF3N4O2S/c1-17-5-4-10-30-24(17)20-8-11-31(12-9-20)21-6-7-23(22(26)13-21)36(34,35)32-14-18(2)33(19(3)15-32)16-25(27,28)29/h4-7,10,13,18-20H,8-9,11-12,14-16H2,1-3H3/t18-,19+. The van der Waals surface area contributed by atoms with Crippen LogP contribution < -0.4 is 4.90 Å². The molecule has 3 heterocycles. The van der Waals surface area contributed by atoms with Crippen molar-refractivity contribution in [1.29, 1.82) is 0 Å². The number of hydrogen-bond donors (Lipinski definition) is 0. The van der Waals surface area contributed by atoms with Crippen molar-refractivity contribution in [2.24, 2.45) is 0 Å². The maximum atomic E-state index is 13.4. The van der Waals surface area contributed by atoms with Gasteiger partial charge in [-0.05, 0) is 63.4 Å². The van der Waals surface area contributed by atoms with Gasteiger partial charge < -0.3 is 4.90 Å². The first-order valence-corrected chi connectivity index (χ1v) is 14.0. The van der Waals surface area contributed by atoms with Crippen LogP contribution in [-0.4, -0.2) is 73.6 Å². The zero-order valence-corrected chi connectivity index (χ0v) is 22.2. The number of hydrogen-bond acceptors (Lipinski definition) is 5. The van der Waals surface area contributed by atoms with Gasteiger partial charge in [0.1, 0.15) is 4.90 Å². The van der Waals surface area contributed by atoms with Gasteiger partial charge in [0.25, 0.3) is 0 Å². The molecule has 2 fully saturated rings. The minimum absolute atomic E-state index is 0.0180. The molecule has 0 N–H and O–H groups in total. The third-order valence-electron chi connectivity index (χ3n) is 7.26. The first kappa shape index (κ1) is 27.2. The number of nitrogens with zero attached hydrogens (tertiary/aromatic N) is 4. The van der Waals surface area contributed by atoms with Gasteiger partial charge in [0.05, 0.1) is 11.6 Å². The van der Waals surface area contributed by atoms with Gasteiger partial charge in [0, 0.05) is 61.8 Å². The van der Waals surface area contributed by atoms with Gasteiger partial charge in [-0.25, -0.2) is 8.42 Å². The third kappa shape index (κ3) is 5.82. The van der Waals surface area contributed by atoms with E-state index in [1.54, 1.807) is 26.0 Å². The normalized spacial score (nSPS) is 23.2. The maximum absolute atomic E-state index is 13.4. The van der Waals surface area contributed by atoms with Crippen LogP contribution in [0.4, 0.5) is 18.9 Å². The number of anilines is 1. The number of aromatic nitrogens is 1. The maximum Gasteiger partial charge on any atom is 0.401 e. The Morgan fingerprint density at radius 2 is 1.72 bits per heavy atom. The molecule has 36 heavy (non-hydrogen) atoms. The predicted octanol–water partition coefficient (Wildman–Crippen LogP) is 5.07. The summed E-state index contributed by atoms with van der Waals surface area (Å²) in [6.45, 7) is 5.80. The molecule has 0 bridgehead atoms. The molecular formula is C25H32ClF3N4O2S. The van der Waals surface area contributed by atoms with Crippen molar-refractivity contribution < 1.29 is 21.6 Å². The van der Waals surface area contributed by atoms with E-state index in [1.165, 1.54) is 20.8 Å². The van der Waals surface area contributed by atoms with Gasteiger partial charge in [-0.3, -0.25) is 9.88 Å². The highest BCUT2D eigenvalue weighted by Gasteiger charge is 2.41. The van der Waals surface area contributed by atoms with Gasteiger partial charge in [-0.15, -0.1) is 0 Å². The molecule has 2 atom stereocenters. The summed E-state index contributed by atoms with van der Waals surface area (Å²) in [5, 5.41) is 0.119. The van der Waals surface area contributed by atoms with Crippen LogP contribution in [0, 0.1) is 6.92 Å². The Kier molecular flexibility index (Phi) is 7.90. The number of halogens is 4. The van der Waals surface area contributed by atoms with Crippen LogP contribution >= 0.6 is 11.6 Å². The number of rotatable bonds is 5. The van der Waals surface area contributed by atoms with E-state index in [2.05, 4.69) is 22.9 Å². The van der Waals surface area contributed by atoms with E-state index in [9.17, 15) is 21.6 Å². The predicted molar refractivity (Wildman–Crippen MR) is 135 cm³/mol. The van der Waals surface area contributed by atoms with Crippen molar-refractivity contribution in [2.75, 3.05) is 37.6 Å². The second-order valence-electron chi connectivity index (χ2n) is 9.89. The van der Waals surface area contributed by atoms with Crippen molar-refractivity contribution in [2.45, 2.75) is 62.7 Å². The Morgan fingerprint density at radius 1 is 1.08 bits per heavy atom. The largest absolute Gasteiger partial charge is 0.401 e. The number of piperidine rings is 1. The van der Waals surface area contributed by atoms with E-state index in [0.29, 0.717) is 5.92 Å². The van der Waals surface area contributed by atoms with E-state index in [4.69, 9.17) is 11.6 Å². The highest BCUT2D eigenvalue weighted by Crippen LogP contribution is 2.35. The average Bonchev–Trinajstić information content (AvgIpc) is 2.81. The summed E-state index contributed by atoms with van der Waals surface area (Å²) in [4.78, 5) is 8.03. The topological polar surface area (TPSA) is 56.8 Å². The summed E-state index contributed by atoms with van der Waals surface area (Å²) >= 11 is 6.48. The van der Waals surface area contributed by atoms with Crippen molar-refractivity contribution in [3.8, 4) is 0 Å². The Labute approximate surface area is 216 Å².